The number of hydrogen-bond donors (Lipinski definition) is 3. The molecule has 24 heavy (non-hydrogen) atoms. The highest BCUT2D eigenvalue weighted by Crippen LogP contribution is 2.25. The van der Waals surface area contributed by atoms with Crippen LogP contribution in [-0.2, 0) is 16.4 Å². The van der Waals surface area contributed by atoms with Crippen LogP contribution in [0.25, 0.3) is 0 Å². The SMILES string of the molecule is Cc1ccc(NS(C)(=O)=O)c(NC(=O)c2csc(CCN)n2)c1.Cl. The number of anilines is 2. The van der Waals surface area contributed by atoms with Crippen LogP contribution in [-0.4, -0.2) is 32.1 Å². The number of carbonyl (C=O) groups excluding carboxylic acids is 1. The fourth-order valence-electron chi connectivity index (χ4n) is 1.89. The molecular formula is C14H19ClN4O3S2. The average Bonchev–Trinajstić information content (AvgIpc) is 2.90. The third kappa shape index (κ3) is 5.75. The highest BCUT2D eigenvalue weighted by Gasteiger charge is 2.14. The highest BCUT2D eigenvalue weighted by atomic mass is 35.5. The van der Waals surface area contributed by atoms with E-state index in [1.165, 1.54) is 11.3 Å². The number of halogens is 1. The molecule has 0 atom stereocenters. The molecule has 0 aliphatic carbocycles. The Morgan fingerprint density at radius 2 is 2.04 bits per heavy atom. The Hall–Kier alpha value is -1.68. The molecule has 10 heteroatoms. The van der Waals surface area contributed by atoms with Gasteiger partial charge in [-0.1, -0.05) is 6.07 Å². The zero-order chi connectivity index (χ0) is 17.0. The Bertz CT molecular complexity index is 821. The number of thiazole rings is 1. The van der Waals surface area contributed by atoms with E-state index >= 15 is 0 Å². The minimum atomic E-state index is -3.44. The number of sulfonamides is 1. The lowest BCUT2D eigenvalue weighted by Crippen LogP contribution is -2.16. The second-order valence-electron chi connectivity index (χ2n) is 5.04. The summed E-state index contributed by atoms with van der Waals surface area (Å²) < 4.78 is 25.2. The van der Waals surface area contributed by atoms with Crippen molar-refractivity contribution < 1.29 is 13.2 Å². The van der Waals surface area contributed by atoms with E-state index in [0.717, 1.165) is 16.8 Å². The van der Waals surface area contributed by atoms with E-state index in [1.54, 1.807) is 23.6 Å². The summed E-state index contributed by atoms with van der Waals surface area (Å²) in [5.41, 5.74) is 7.33. The van der Waals surface area contributed by atoms with Crippen molar-refractivity contribution in [1.82, 2.24) is 4.98 Å². The van der Waals surface area contributed by atoms with Crippen molar-refractivity contribution in [3.63, 3.8) is 0 Å². The van der Waals surface area contributed by atoms with Crippen LogP contribution in [0, 0.1) is 6.92 Å². The van der Waals surface area contributed by atoms with Crippen molar-refractivity contribution in [1.29, 1.82) is 0 Å². The van der Waals surface area contributed by atoms with Crippen molar-refractivity contribution in [2.75, 3.05) is 22.8 Å². The van der Waals surface area contributed by atoms with Crippen LogP contribution < -0.4 is 15.8 Å². The van der Waals surface area contributed by atoms with Crippen LogP contribution in [0.15, 0.2) is 23.6 Å². The maximum absolute atomic E-state index is 12.3. The first-order chi connectivity index (χ1) is 10.8. The van der Waals surface area contributed by atoms with Crippen molar-refractivity contribution in [3.05, 3.63) is 39.8 Å². The fraction of sp³-hybridized carbons (Fsp3) is 0.286. The highest BCUT2D eigenvalue weighted by molar-refractivity contribution is 7.92. The topological polar surface area (TPSA) is 114 Å². The lowest BCUT2D eigenvalue weighted by Gasteiger charge is -2.12. The smallest absolute Gasteiger partial charge is 0.275 e. The van der Waals surface area contributed by atoms with E-state index in [9.17, 15) is 13.2 Å². The predicted octanol–water partition coefficient (Wildman–Crippen LogP) is 2.00. The maximum atomic E-state index is 12.3. The lowest BCUT2D eigenvalue weighted by molar-refractivity contribution is 0.102. The number of aromatic nitrogens is 1. The number of benzene rings is 1. The predicted molar refractivity (Wildman–Crippen MR) is 99.7 cm³/mol. The first-order valence-corrected chi connectivity index (χ1v) is 9.60. The quantitative estimate of drug-likeness (QED) is 0.697. The van der Waals surface area contributed by atoms with E-state index in [-0.39, 0.29) is 18.1 Å². The largest absolute Gasteiger partial charge is 0.330 e. The summed E-state index contributed by atoms with van der Waals surface area (Å²) in [6.45, 7) is 2.32. The average molecular weight is 391 g/mol. The van der Waals surface area contributed by atoms with Crippen LogP contribution in [0.2, 0.25) is 0 Å². The van der Waals surface area contributed by atoms with Gasteiger partial charge in [-0.3, -0.25) is 9.52 Å². The summed E-state index contributed by atoms with van der Waals surface area (Å²) in [5.74, 6) is -0.397. The number of carbonyl (C=O) groups is 1. The molecule has 1 heterocycles. The van der Waals surface area contributed by atoms with E-state index in [0.29, 0.717) is 24.3 Å². The molecule has 0 fully saturated rings. The van der Waals surface area contributed by atoms with Crippen LogP contribution in [0.4, 0.5) is 11.4 Å². The third-order valence-electron chi connectivity index (χ3n) is 2.86. The molecule has 4 N–H and O–H groups in total. The van der Waals surface area contributed by atoms with Gasteiger partial charge >= 0.3 is 0 Å². The van der Waals surface area contributed by atoms with Gasteiger partial charge in [0.1, 0.15) is 5.69 Å². The van der Waals surface area contributed by atoms with E-state index in [1.807, 2.05) is 6.92 Å². The number of hydrogen-bond acceptors (Lipinski definition) is 6. The van der Waals surface area contributed by atoms with E-state index in [4.69, 9.17) is 5.73 Å². The molecule has 0 radical (unpaired) electrons. The Kier molecular flexibility index (Phi) is 7.15. The molecular weight excluding hydrogens is 372 g/mol. The van der Waals surface area contributed by atoms with Crippen molar-refractivity contribution >= 4 is 51.0 Å². The number of nitrogens with zero attached hydrogens (tertiary/aromatic N) is 1. The number of rotatable bonds is 6. The number of nitrogens with one attached hydrogen (secondary N) is 2. The second-order valence-corrected chi connectivity index (χ2v) is 7.73. The van der Waals surface area contributed by atoms with Crippen LogP contribution in [0.1, 0.15) is 21.1 Å². The van der Waals surface area contributed by atoms with Gasteiger partial charge in [0.2, 0.25) is 10.0 Å². The molecule has 132 valence electrons. The first-order valence-electron chi connectivity index (χ1n) is 6.83. The molecule has 1 aromatic carbocycles. The minimum Gasteiger partial charge on any atom is -0.330 e. The Balaban J connectivity index is 0.00000288. The molecule has 0 aliphatic heterocycles. The molecule has 1 aromatic heterocycles. The Labute approximate surface area is 151 Å². The Morgan fingerprint density at radius 1 is 1.33 bits per heavy atom. The summed E-state index contributed by atoms with van der Waals surface area (Å²) in [4.78, 5) is 16.5. The maximum Gasteiger partial charge on any atom is 0.275 e. The first kappa shape index (κ1) is 20.4. The molecule has 0 unspecified atom stereocenters. The van der Waals surface area contributed by atoms with Gasteiger partial charge < -0.3 is 11.1 Å². The van der Waals surface area contributed by atoms with Gasteiger partial charge in [-0.25, -0.2) is 13.4 Å². The Morgan fingerprint density at radius 3 is 2.67 bits per heavy atom. The molecule has 0 spiro atoms. The zero-order valence-electron chi connectivity index (χ0n) is 13.2. The van der Waals surface area contributed by atoms with Crippen LogP contribution >= 0.6 is 23.7 Å². The van der Waals surface area contributed by atoms with Gasteiger partial charge in [0.25, 0.3) is 5.91 Å². The summed E-state index contributed by atoms with van der Waals surface area (Å²) >= 11 is 1.37. The second kappa shape index (κ2) is 8.43. The lowest BCUT2D eigenvalue weighted by atomic mass is 10.2. The third-order valence-corrected chi connectivity index (χ3v) is 4.36. The minimum absolute atomic E-state index is 0. The standard InChI is InChI=1S/C14H18N4O3S2.ClH/c1-9-3-4-10(18-23(2,20)21)11(7-9)17-14(19)12-8-22-13(16-12)5-6-15;/h3-4,7-8,18H,5-6,15H2,1-2H3,(H,17,19);1H. The van der Waals surface area contributed by atoms with E-state index in [2.05, 4.69) is 15.0 Å². The molecule has 2 aromatic rings. The monoisotopic (exact) mass is 390 g/mol. The summed E-state index contributed by atoms with van der Waals surface area (Å²) in [6.07, 6.45) is 1.67. The van der Waals surface area contributed by atoms with Gasteiger partial charge in [0.05, 0.1) is 22.6 Å². The molecule has 0 saturated heterocycles. The van der Waals surface area contributed by atoms with Gasteiger partial charge in [-0.2, -0.15) is 0 Å². The van der Waals surface area contributed by atoms with Gasteiger partial charge in [0, 0.05) is 11.8 Å². The molecule has 0 aliphatic rings. The number of amides is 1. The normalized spacial score (nSPS) is 10.8. The molecule has 0 saturated carbocycles. The van der Waals surface area contributed by atoms with Gasteiger partial charge in [-0.15, -0.1) is 23.7 Å². The summed E-state index contributed by atoms with van der Waals surface area (Å²) in [7, 11) is -3.44. The van der Waals surface area contributed by atoms with Crippen LogP contribution in [0.5, 0.6) is 0 Å². The van der Waals surface area contributed by atoms with Crippen LogP contribution in [0.3, 0.4) is 0 Å². The number of aryl methyl sites for hydroxylation is 1. The molecule has 0 bridgehead atoms. The van der Waals surface area contributed by atoms with Crippen molar-refractivity contribution in [2.24, 2.45) is 5.73 Å². The van der Waals surface area contributed by atoms with Crippen molar-refractivity contribution in [3.8, 4) is 0 Å². The summed E-state index contributed by atoms with van der Waals surface area (Å²) in [5, 5.41) is 5.13. The van der Waals surface area contributed by atoms with Gasteiger partial charge in [0.15, 0.2) is 0 Å². The van der Waals surface area contributed by atoms with E-state index < -0.39 is 15.9 Å². The molecule has 2 rings (SSSR count). The number of nitrogens with two attached hydrogens (primary N) is 1. The molecule has 1 amide bonds. The summed E-state index contributed by atoms with van der Waals surface area (Å²) in [6, 6.07) is 5.05. The van der Waals surface area contributed by atoms with Crippen molar-refractivity contribution in [2.45, 2.75) is 13.3 Å². The molecule has 7 nitrogen and oxygen atoms in total. The fourth-order valence-corrected chi connectivity index (χ4v) is 3.26. The zero-order valence-corrected chi connectivity index (χ0v) is 15.6. The van der Waals surface area contributed by atoms with Gasteiger partial charge in [-0.05, 0) is 31.2 Å².